The zero-order valence-electron chi connectivity index (χ0n) is 16.0. The van der Waals surface area contributed by atoms with Gasteiger partial charge in [0.25, 0.3) is 5.56 Å². The summed E-state index contributed by atoms with van der Waals surface area (Å²) in [5, 5.41) is 3.31. The Morgan fingerprint density at radius 3 is 2.64 bits per heavy atom. The molecule has 0 unspecified atom stereocenters. The summed E-state index contributed by atoms with van der Waals surface area (Å²) in [6.07, 6.45) is 1.67. The lowest BCUT2D eigenvalue weighted by atomic mass is 10.2. The SMILES string of the molecule is CN(C)c1ccc(C#CCNC(=O)CCn2cnc3ccccc3c2=O)cc1. The topological polar surface area (TPSA) is 67.2 Å². The lowest BCUT2D eigenvalue weighted by Gasteiger charge is -2.11. The fourth-order valence-corrected chi connectivity index (χ4v) is 2.71. The fourth-order valence-electron chi connectivity index (χ4n) is 2.71. The van der Waals surface area contributed by atoms with Crippen molar-refractivity contribution in [3.63, 3.8) is 0 Å². The average molecular weight is 374 g/mol. The van der Waals surface area contributed by atoms with Crippen LogP contribution in [0.4, 0.5) is 5.69 Å². The third-order valence-corrected chi connectivity index (χ3v) is 4.30. The van der Waals surface area contributed by atoms with E-state index in [1.807, 2.05) is 49.3 Å². The molecule has 0 radical (unpaired) electrons. The van der Waals surface area contributed by atoms with Crippen molar-refractivity contribution in [2.24, 2.45) is 0 Å². The molecule has 1 N–H and O–H groups in total. The van der Waals surface area contributed by atoms with Crippen molar-refractivity contribution >= 4 is 22.5 Å². The first-order valence-corrected chi connectivity index (χ1v) is 9.02. The number of carbonyl (C=O) groups is 1. The number of aryl methyl sites for hydroxylation is 1. The second-order valence-corrected chi connectivity index (χ2v) is 6.53. The Labute approximate surface area is 163 Å². The van der Waals surface area contributed by atoms with E-state index in [4.69, 9.17) is 0 Å². The van der Waals surface area contributed by atoms with Gasteiger partial charge in [-0.2, -0.15) is 0 Å². The molecule has 6 heteroatoms. The molecule has 0 aliphatic rings. The largest absolute Gasteiger partial charge is 0.378 e. The molecule has 0 saturated heterocycles. The molecule has 0 aliphatic carbocycles. The highest BCUT2D eigenvalue weighted by Crippen LogP contribution is 2.11. The van der Waals surface area contributed by atoms with Gasteiger partial charge in [-0.15, -0.1) is 0 Å². The maximum atomic E-state index is 12.4. The number of amides is 1. The van der Waals surface area contributed by atoms with Crippen molar-refractivity contribution in [2.75, 3.05) is 25.5 Å². The quantitative estimate of drug-likeness (QED) is 0.694. The van der Waals surface area contributed by atoms with E-state index in [1.54, 1.807) is 18.2 Å². The molecule has 1 amide bonds. The number of nitrogens with one attached hydrogen (secondary N) is 1. The zero-order valence-corrected chi connectivity index (χ0v) is 16.0. The Balaban J connectivity index is 1.50. The van der Waals surface area contributed by atoms with Gasteiger partial charge in [0, 0.05) is 38.3 Å². The second kappa shape index (κ2) is 8.87. The lowest BCUT2D eigenvalue weighted by molar-refractivity contribution is -0.121. The van der Waals surface area contributed by atoms with Crippen molar-refractivity contribution in [2.45, 2.75) is 13.0 Å². The molecule has 3 aromatic rings. The molecule has 1 heterocycles. The molecule has 6 nitrogen and oxygen atoms in total. The molecule has 1 aromatic heterocycles. The molecule has 0 aliphatic heterocycles. The van der Waals surface area contributed by atoms with Crippen LogP contribution >= 0.6 is 0 Å². The summed E-state index contributed by atoms with van der Waals surface area (Å²) in [5.74, 6) is 5.80. The number of fused-ring (bicyclic) bond motifs is 1. The first kappa shape index (κ1) is 19.2. The molecule has 0 spiro atoms. The summed E-state index contributed by atoms with van der Waals surface area (Å²) in [7, 11) is 3.97. The van der Waals surface area contributed by atoms with Crippen LogP contribution in [0.5, 0.6) is 0 Å². The summed E-state index contributed by atoms with van der Waals surface area (Å²) >= 11 is 0. The Kier molecular flexibility index (Phi) is 6.07. The highest BCUT2D eigenvalue weighted by molar-refractivity contribution is 5.77. The van der Waals surface area contributed by atoms with Crippen molar-refractivity contribution in [3.8, 4) is 11.8 Å². The van der Waals surface area contributed by atoms with Crippen molar-refractivity contribution in [1.82, 2.24) is 14.9 Å². The van der Waals surface area contributed by atoms with Gasteiger partial charge in [-0.05, 0) is 36.4 Å². The van der Waals surface area contributed by atoms with Crippen LogP contribution in [0.15, 0.2) is 59.7 Å². The Hall–Kier alpha value is -3.59. The van der Waals surface area contributed by atoms with Crippen LogP contribution in [0.1, 0.15) is 12.0 Å². The molecule has 0 saturated carbocycles. The predicted molar refractivity (Wildman–Crippen MR) is 111 cm³/mol. The monoisotopic (exact) mass is 374 g/mol. The predicted octanol–water partition coefficient (Wildman–Crippen LogP) is 2.02. The van der Waals surface area contributed by atoms with Gasteiger partial charge in [0.05, 0.1) is 23.8 Å². The van der Waals surface area contributed by atoms with E-state index in [0.717, 1.165) is 11.3 Å². The number of carbonyl (C=O) groups excluding carboxylic acids is 1. The van der Waals surface area contributed by atoms with Crippen LogP contribution in [0, 0.1) is 11.8 Å². The smallest absolute Gasteiger partial charge is 0.261 e. The van der Waals surface area contributed by atoms with Crippen molar-refractivity contribution < 1.29 is 4.79 Å². The molecule has 142 valence electrons. The van der Waals surface area contributed by atoms with E-state index in [9.17, 15) is 9.59 Å². The zero-order chi connectivity index (χ0) is 19.9. The molecule has 0 bridgehead atoms. The van der Waals surface area contributed by atoms with Gasteiger partial charge in [-0.25, -0.2) is 4.98 Å². The van der Waals surface area contributed by atoms with E-state index in [2.05, 4.69) is 22.1 Å². The van der Waals surface area contributed by atoms with E-state index in [-0.39, 0.29) is 31.0 Å². The maximum absolute atomic E-state index is 12.4. The van der Waals surface area contributed by atoms with Crippen molar-refractivity contribution in [1.29, 1.82) is 0 Å². The van der Waals surface area contributed by atoms with Crippen LogP contribution in [0.3, 0.4) is 0 Å². The van der Waals surface area contributed by atoms with Gasteiger partial charge < -0.3 is 10.2 Å². The summed E-state index contributed by atoms with van der Waals surface area (Å²) in [6, 6.07) is 15.1. The van der Waals surface area contributed by atoms with Crippen LogP contribution < -0.4 is 15.8 Å². The van der Waals surface area contributed by atoms with Gasteiger partial charge in [-0.3, -0.25) is 14.2 Å². The molecule has 2 aromatic carbocycles. The number of anilines is 1. The number of benzene rings is 2. The summed E-state index contributed by atoms with van der Waals surface area (Å²) in [5.41, 5.74) is 2.52. The van der Waals surface area contributed by atoms with Gasteiger partial charge in [-0.1, -0.05) is 24.0 Å². The highest BCUT2D eigenvalue weighted by atomic mass is 16.1. The minimum Gasteiger partial charge on any atom is -0.378 e. The first-order chi connectivity index (χ1) is 13.5. The van der Waals surface area contributed by atoms with E-state index in [1.165, 1.54) is 10.9 Å². The normalized spacial score (nSPS) is 10.2. The molecular weight excluding hydrogens is 352 g/mol. The van der Waals surface area contributed by atoms with Crippen LogP contribution in [-0.4, -0.2) is 36.1 Å². The summed E-state index contributed by atoms with van der Waals surface area (Å²) < 4.78 is 1.46. The Morgan fingerprint density at radius 1 is 1.14 bits per heavy atom. The number of para-hydroxylation sites is 1. The Bertz CT molecular complexity index is 1090. The Morgan fingerprint density at radius 2 is 1.89 bits per heavy atom. The van der Waals surface area contributed by atoms with Gasteiger partial charge in [0.15, 0.2) is 0 Å². The summed E-state index contributed by atoms with van der Waals surface area (Å²) in [4.78, 5) is 30.7. The van der Waals surface area contributed by atoms with Crippen molar-refractivity contribution in [3.05, 3.63) is 70.8 Å². The number of nitrogens with zero attached hydrogens (tertiary/aromatic N) is 3. The fraction of sp³-hybridized carbons (Fsp3) is 0.227. The molecule has 0 atom stereocenters. The third-order valence-electron chi connectivity index (χ3n) is 4.30. The van der Waals surface area contributed by atoms with Crippen LogP contribution in [0.2, 0.25) is 0 Å². The minimum absolute atomic E-state index is 0.139. The molecule has 28 heavy (non-hydrogen) atoms. The van der Waals surface area contributed by atoms with Crippen LogP contribution in [0.25, 0.3) is 10.9 Å². The number of aromatic nitrogens is 2. The van der Waals surface area contributed by atoms with Gasteiger partial charge >= 0.3 is 0 Å². The number of rotatable bonds is 5. The van der Waals surface area contributed by atoms with Gasteiger partial charge in [0.1, 0.15) is 0 Å². The summed E-state index contributed by atoms with van der Waals surface area (Å²) in [6.45, 7) is 0.543. The minimum atomic E-state index is -0.155. The second-order valence-electron chi connectivity index (χ2n) is 6.53. The standard InChI is InChI=1S/C22H22N4O2/c1-25(2)18-11-9-17(10-12-18)6-5-14-23-21(27)13-15-26-16-24-20-8-4-3-7-19(20)22(26)28/h3-4,7-12,16H,13-15H2,1-2H3,(H,23,27). The third kappa shape index (κ3) is 4.77. The molecular formula is C22H22N4O2. The highest BCUT2D eigenvalue weighted by Gasteiger charge is 2.05. The van der Waals surface area contributed by atoms with E-state index < -0.39 is 0 Å². The molecule has 3 rings (SSSR count). The average Bonchev–Trinajstić information content (AvgIpc) is 2.71. The lowest BCUT2D eigenvalue weighted by Crippen LogP contribution is -2.27. The first-order valence-electron chi connectivity index (χ1n) is 9.02. The number of hydrogen-bond acceptors (Lipinski definition) is 4. The van der Waals surface area contributed by atoms with Crippen LogP contribution in [-0.2, 0) is 11.3 Å². The number of hydrogen-bond donors (Lipinski definition) is 1. The van der Waals surface area contributed by atoms with Gasteiger partial charge in [0.2, 0.25) is 5.91 Å². The van der Waals surface area contributed by atoms with E-state index >= 15 is 0 Å². The maximum Gasteiger partial charge on any atom is 0.261 e. The molecule has 0 fully saturated rings. The van der Waals surface area contributed by atoms with E-state index in [0.29, 0.717) is 10.9 Å².